The summed E-state index contributed by atoms with van der Waals surface area (Å²) in [7, 11) is -0.682. The Morgan fingerprint density at radius 2 is 1.92 bits per heavy atom. The van der Waals surface area contributed by atoms with E-state index in [1.807, 2.05) is 24.3 Å². The number of benzene rings is 1. The molecule has 1 aromatic carbocycles. The van der Waals surface area contributed by atoms with Gasteiger partial charge < -0.3 is 15.0 Å². The molecule has 0 aromatic heterocycles. The average Bonchev–Trinajstić information content (AvgIpc) is 2.95. The third-order valence-electron chi connectivity index (χ3n) is 4.16. The lowest BCUT2D eigenvalue weighted by Gasteiger charge is -2.28. The van der Waals surface area contributed by atoms with Gasteiger partial charge in [-0.3, -0.25) is 9.11 Å². The van der Waals surface area contributed by atoms with Gasteiger partial charge in [-0.2, -0.15) is 0 Å². The summed E-state index contributed by atoms with van der Waals surface area (Å²) in [6.07, 6.45) is -0.530. The van der Waals surface area contributed by atoms with Gasteiger partial charge in [-0.15, -0.1) is 0 Å². The van der Waals surface area contributed by atoms with Crippen LogP contribution >= 0.6 is 12.2 Å². The number of anilines is 2. The molecule has 1 amide bonds. The second kappa shape index (κ2) is 7.48. The van der Waals surface area contributed by atoms with Crippen molar-refractivity contribution in [3.63, 3.8) is 0 Å². The molecule has 1 aromatic rings. The maximum atomic E-state index is 12.1. The molecular formula is C16H21N3O3S2. The zero-order chi connectivity index (χ0) is 17.1. The van der Waals surface area contributed by atoms with Crippen molar-refractivity contribution in [1.29, 1.82) is 0 Å². The summed E-state index contributed by atoms with van der Waals surface area (Å²) in [5, 5.41) is 3.03. The maximum absolute atomic E-state index is 12.1. The van der Waals surface area contributed by atoms with Gasteiger partial charge in [-0.05, 0) is 31.2 Å². The van der Waals surface area contributed by atoms with Crippen LogP contribution in [0.4, 0.5) is 16.2 Å². The third-order valence-corrected chi connectivity index (χ3v) is 5.58. The van der Waals surface area contributed by atoms with Crippen LogP contribution < -0.4 is 15.1 Å². The van der Waals surface area contributed by atoms with E-state index in [0.717, 1.165) is 24.5 Å². The molecule has 6 nitrogen and oxygen atoms in total. The molecule has 24 heavy (non-hydrogen) atoms. The number of amides is 1. The number of nitrogens with one attached hydrogen (secondary N) is 1. The van der Waals surface area contributed by atoms with Gasteiger partial charge in [0.2, 0.25) is 0 Å². The van der Waals surface area contributed by atoms with E-state index in [4.69, 9.17) is 17.0 Å². The Kier molecular flexibility index (Phi) is 5.35. The maximum Gasteiger partial charge on any atom is 0.414 e. The second-order valence-electron chi connectivity index (χ2n) is 5.90. The van der Waals surface area contributed by atoms with Crippen molar-refractivity contribution in [2.24, 2.45) is 0 Å². The number of carbonyl (C=O) groups excluding carboxylic acids is 1. The lowest BCUT2D eigenvalue weighted by atomic mass is 10.2. The molecule has 3 rings (SSSR count). The van der Waals surface area contributed by atoms with E-state index in [1.54, 1.807) is 11.8 Å². The monoisotopic (exact) mass is 367 g/mol. The Morgan fingerprint density at radius 1 is 1.29 bits per heavy atom. The molecule has 0 saturated carbocycles. The molecule has 2 aliphatic heterocycles. The van der Waals surface area contributed by atoms with Gasteiger partial charge in [0.1, 0.15) is 6.10 Å². The quantitative estimate of drug-likeness (QED) is 0.814. The standard InChI is InChI=1S/C16H21N3O3S2/c1-12(23)17-10-15-11-19(16(20)22-15)14-4-2-13(3-5-14)18-6-8-24(21)9-7-18/h2-5,15H,6-11H2,1H3,(H,17,23)/t15-/m0/s1. The smallest absolute Gasteiger partial charge is 0.414 e. The molecule has 130 valence electrons. The van der Waals surface area contributed by atoms with Gasteiger partial charge in [-0.1, -0.05) is 12.2 Å². The van der Waals surface area contributed by atoms with Gasteiger partial charge in [-0.25, -0.2) is 4.79 Å². The molecule has 0 aliphatic carbocycles. The van der Waals surface area contributed by atoms with Gasteiger partial charge in [0, 0.05) is 46.8 Å². The lowest BCUT2D eigenvalue weighted by Crippen LogP contribution is -2.37. The summed E-state index contributed by atoms with van der Waals surface area (Å²) >= 11 is 4.98. The van der Waals surface area contributed by atoms with Crippen LogP contribution in [-0.4, -0.2) is 59.1 Å². The Hall–Kier alpha value is -1.67. The van der Waals surface area contributed by atoms with E-state index in [9.17, 15) is 9.00 Å². The van der Waals surface area contributed by atoms with Crippen LogP contribution in [0.5, 0.6) is 0 Å². The van der Waals surface area contributed by atoms with Crippen LogP contribution in [0.15, 0.2) is 24.3 Å². The van der Waals surface area contributed by atoms with Gasteiger partial charge >= 0.3 is 6.09 Å². The van der Waals surface area contributed by atoms with Crippen LogP contribution in [0.1, 0.15) is 6.92 Å². The first kappa shape index (κ1) is 17.2. The summed E-state index contributed by atoms with van der Waals surface area (Å²) in [4.78, 5) is 16.6. The van der Waals surface area contributed by atoms with E-state index in [2.05, 4.69) is 10.2 Å². The molecular weight excluding hydrogens is 346 g/mol. The minimum Gasteiger partial charge on any atom is -0.442 e. The molecule has 0 spiro atoms. The topological polar surface area (TPSA) is 61.9 Å². The molecule has 2 heterocycles. The first-order valence-corrected chi connectivity index (χ1v) is 9.85. The predicted octanol–water partition coefficient (Wildman–Crippen LogP) is 1.52. The zero-order valence-corrected chi connectivity index (χ0v) is 15.2. The Labute approximate surface area is 149 Å². The first-order valence-electron chi connectivity index (χ1n) is 7.95. The second-order valence-corrected chi connectivity index (χ2v) is 8.21. The summed E-state index contributed by atoms with van der Waals surface area (Å²) in [5.41, 5.74) is 1.92. The van der Waals surface area contributed by atoms with Crippen molar-refractivity contribution in [3.05, 3.63) is 24.3 Å². The van der Waals surface area contributed by atoms with Crippen molar-refractivity contribution in [1.82, 2.24) is 5.32 Å². The van der Waals surface area contributed by atoms with Gasteiger partial charge in [0.15, 0.2) is 0 Å². The zero-order valence-electron chi connectivity index (χ0n) is 13.6. The van der Waals surface area contributed by atoms with Crippen molar-refractivity contribution in [2.75, 3.05) is 47.5 Å². The van der Waals surface area contributed by atoms with Gasteiger partial charge in [0.05, 0.1) is 18.1 Å². The molecule has 0 radical (unpaired) electrons. The molecule has 2 saturated heterocycles. The third kappa shape index (κ3) is 4.05. The first-order chi connectivity index (χ1) is 11.5. The highest BCUT2D eigenvalue weighted by Gasteiger charge is 2.32. The summed E-state index contributed by atoms with van der Waals surface area (Å²) in [6.45, 7) is 4.46. The number of thiocarbonyl (C=S) groups is 1. The predicted molar refractivity (Wildman–Crippen MR) is 100 cm³/mol. The van der Waals surface area contributed by atoms with Crippen LogP contribution in [0.25, 0.3) is 0 Å². The summed E-state index contributed by atoms with van der Waals surface area (Å²) in [6, 6.07) is 7.87. The molecule has 1 N–H and O–H groups in total. The number of hydrogen-bond acceptors (Lipinski definition) is 5. The minimum absolute atomic E-state index is 0.202. The molecule has 0 bridgehead atoms. The number of carbonyl (C=O) groups is 1. The normalized spacial score (nSPS) is 21.7. The highest BCUT2D eigenvalue weighted by Crippen LogP contribution is 2.25. The largest absolute Gasteiger partial charge is 0.442 e. The molecule has 0 unspecified atom stereocenters. The van der Waals surface area contributed by atoms with Crippen molar-refractivity contribution < 1.29 is 13.7 Å². The number of cyclic esters (lactones) is 1. The Balaban J connectivity index is 1.62. The summed E-state index contributed by atoms with van der Waals surface area (Å²) < 4.78 is 16.8. The summed E-state index contributed by atoms with van der Waals surface area (Å²) in [5.74, 6) is 1.43. The van der Waals surface area contributed by atoms with E-state index < -0.39 is 10.8 Å². The van der Waals surface area contributed by atoms with Gasteiger partial charge in [0.25, 0.3) is 0 Å². The SMILES string of the molecule is CC(=S)NC[C@H]1CN(c2ccc(N3CCS(=O)CC3)cc2)C(=O)O1. The Morgan fingerprint density at radius 3 is 2.54 bits per heavy atom. The van der Waals surface area contributed by atoms with Crippen LogP contribution in [0.3, 0.4) is 0 Å². The number of rotatable bonds is 4. The fraction of sp³-hybridized carbons (Fsp3) is 0.500. The highest BCUT2D eigenvalue weighted by molar-refractivity contribution is 7.85. The number of hydrogen-bond donors (Lipinski definition) is 1. The van der Waals surface area contributed by atoms with Crippen LogP contribution in [0, 0.1) is 0 Å². The molecule has 1 atom stereocenters. The van der Waals surface area contributed by atoms with Crippen LogP contribution in [0.2, 0.25) is 0 Å². The molecule has 8 heteroatoms. The number of ether oxygens (including phenoxy) is 1. The van der Waals surface area contributed by atoms with Crippen molar-refractivity contribution >= 4 is 45.5 Å². The van der Waals surface area contributed by atoms with E-state index in [1.165, 1.54) is 0 Å². The van der Waals surface area contributed by atoms with Crippen molar-refractivity contribution in [3.8, 4) is 0 Å². The molecule has 2 aliphatic rings. The fourth-order valence-corrected chi connectivity index (χ4v) is 3.97. The average molecular weight is 367 g/mol. The van der Waals surface area contributed by atoms with E-state index in [-0.39, 0.29) is 12.2 Å². The molecule has 2 fully saturated rings. The van der Waals surface area contributed by atoms with Crippen molar-refractivity contribution in [2.45, 2.75) is 13.0 Å². The number of nitrogens with zero attached hydrogens (tertiary/aromatic N) is 2. The van der Waals surface area contributed by atoms with E-state index in [0.29, 0.717) is 29.6 Å². The van der Waals surface area contributed by atoms with E-state index >= 15 is 0 Å². The lowest BCUT2D eigenvalue weighted by molar-refractivity contribution is 0.143. The van der Waals surface area contributed by atoms with Crippen LogP contribution in [-0.2, 0) is 15.5 Å². The fourth-order valence-electron chi connectivity index (χ4n) is 2.84. The minimum atomic E-state index is -0.682. The Bertz CT molecular complexity index is 640. The highest BCUT2D eigenvalue weighted by atomic mass is 32.2.